The van der Waals surface area contributed by atoms with Crippen molar-refractivity contribution in [2.75, 3.05) is 0 Å². The second-order valence-corrected chi connectivity index (χ2v) is 6.39. The summed E-state index contributed by atoms with van der Waals surface area (Å²) in [4.78, 5) is 31.6. The Labute approximate surface area is 154 Å². The van der Waals surface area contributed by atoms with Crippen molar-refractivity contribution in [3.63, 3.8) is 0 Å². The van der Waals surface area contributed by atoms with Crippen LogP contribution in [-0.4, -0.2) is 20.4 Å². The first-order valence-electron chi connectivity index (χ1n) is 8.48. The molecule has 0 unspecified atom stereocenters. The average molecular weight is 359 g/mol. The van der Waals surface area contributed by atoms with E-state index in [2.05, 4.69) is 9.98 Å². The molecular formula is C21H17N3O3. The van der Waals surface area contributed by atoms with Gasteiger partial charge < -0.3 is 5.11 Å². The van der Waals surface area contributed by atoms with Crippen molar-refractivity contribution in [2.24, 2.45) is 4.99 Å². The maximum atomic E-state index is 12.4. The van der Waals surface area contributed by atoms with E-state index in [4.69, 9.17) is 0 Å². The van der Waals surface area contributed by atoms with Crippen LogP contribution in [0.3, 0.4) is 0 Å². The minimum absolute atomic E-state index is 0.0131. The minimum atomic E-state index is -0.689. The monoisotopic (exact) mass is 359 g/mol. The standard InChI is InChI=1S/C21H17N3O3/c1-12-7-3-6-10-18(12)24-20(26)16(19(25)23-21(24)27)11-15-13(2)22-17-9-5-4-8-14(15)17/h3-11,26H,1-2H3,(H,23,25,27). The molecule has 0 aliphatic carbocycles. The summed E-state index contributed by atoms with van der Waals surface area (Å²) in [5.74, 6) is -0.400. The lowest BCUT2D eigenvalue weighted by molar-refractivity contribution is 0.429. The number of hydrogen-bond donors (Lipinski definition) is 2. The highest BCUT2D eigenvalue weighted by Gasteiger charge is 2.20. The van der Waals surface area contributed by atoms with Gasteiger partial charge in [0.2, 0.25) is 5.88 Å². The molecule has 0 saturated carbocycles. The number of hydrogen-bond acceptors (Lipinski definition) is 4. The van der Waals surface area contributed by atoms with Crippen molar-refractivity contribution in [1.82, 2.24) is 9.55 Å². The van der Waals surface area contributed by atoms with E-state index < -0.39 is 17.1 Å². The first-order valence-corrected chi connectivity index (χ1v) is 8.48. The van der Waals surface area contributed by atoms with Crippen molar-refractivity contribution in [2.45, 2.75) is 13.8 Å². The molecule has 1 aromatic heterocycles. The highest BCUT2D eigenvalue weighted by molar-refractivity contribution is 6.31. The lowest BCUT2D eigenvalue weighted by atomic mass is 10.0. The third-order valence-electron chi connectivity index (χ3n) is 4.64. The van der Waals surface area contributed by atoms with Gasteiger partial charge in [-0.3, -0.25) is 14.8 Å². The molecule has 0 radical (unpaired) electrons. The van der Waals surface area contributed by atoms with Gasteiger partial charge in [-0.25, -0.2) is 9.36 Å². The van der Waals surface area contributed by atoms with E-state index in [1.807, 2.05) is 50.2 Å². The number of aromatic nitrogens is 2. The van der Waals surface area contributed by atoms with Crippen molar-refractivity contribution >= 4 is 23.0 Å². The van der Waals surface area contributed by atoms with Crippen molar-refractivity contribution in [3.05, 3.63) is 86.1 Å². The molecule has 1 aliphatic rings. The predicted molar refractivity (Wildman–Crippen MR) is 106 cm³/mol. The Hall–Kier alpha value is -3.67. The van der Waals surface area contributed by atoms with E-state index in [0.29, 0.717) is 5.69 Å². The number of fused-ring (bicyclic) bond motifs is 1. The molecule has 27 heavy (non-hydrogen) atoms. The zero-order valence-corrected chi connectivity index (χ0v) is 14.9. The molecule has 0 bridgehead atoms. The summed E-state index contributed by atoms with van der Waals surface area (Å²) in [6.07, 6.45) is 1.58. The van der Waals surface area contributed by atoms with Crippen LogP contribution in [0.4, 0.5) is 5.69 Å². The first kappa shape index (κ1) is 16.8. The van der Waals surface area contributed by atoms with E-state index in [1.54, 1.807) is 18.2 Å². The predicted octanol–water partition coefficient (Wildman–Crippen LogP) is 3.19. The molecule has 0 amide bonds. The number of allylic oxidation sites excluding steroid dienone is 1. The Kier molecular flexibility index (Phi) is 3.88. The molecule has 0 atom stereocenters. The van der Waals surface area contributed by atoms with Gasteiger partial charge in [0.15, 0.2) is 0 Å². The van der Waals surface area contributed by atoms with Gasteiger partial charge in [0, 0.05) is 16.8 Å². The fourth-order valence-electron chi connectivity index (χ4n) is 3.27. The quantitative estimate of drug-likeness (QED) is 0.737. The number of benzene rings is 2. The van der Waals surface area contributed by atoms with Crippen molar-refractivity contribution < 1.29 is 5.11 Å². The second-order valence-electron chi connectivity index (χ2n) is 6.39. The summed E-state index contributed by atoms with van der Waals surface area (Å²) < 4.78 is 1.11. The molecule has 1 aliphatic heterocycles. The maximum absolute atomic E-state index is 12.4. The number of aliphatic imine (C=N–C) groups is 1. The van der Waals surface area contributed by atoms with Crippen LogP contribution in [0.15, 0.2) is 63.1 Å². The Morgan fingerprint density at radius 2 is 1.74 bits per heavy atom. The van der Waals surface area contributed by atoms with E-state index in [0.717, 1.165) is 32.7 Å². The van der Waals surface area contributed by atoms with Crippen molar-refractivity contribution in [3.8, 4) is 11.6 Å². The van der Waals surface area contributed by atoms with Crippen LogP contribution in [-0.2, 0) is 0 Å². The molecule has 0 fully saturated rings. The largest absolute Gasteiger partial charge is 0.494 e. The number of nitrogens with zero attached hydrogens (tertiary/aromatic N) is 2. The topological polar surface area (TPSA) is 87.4 Å². The van der Waals surface area contributed by atoms with Crippen LogP contribution < -0.4 is 11.2 Å². The Morgan fingerprint density at radius 1 is 1.04 bits per heavy atom. The molecule has 4 rings (SSSR count). The summed E-state index contributed by atoms with van der Waals surface area (Å²) in [5, 5.41) is 10.8. The van der Waals surface area contributed by atoms with Crippen LogP contribution in [0.2, 0.25) is 0 Å². The Balaban J connectivity index is 1.98. The van der Waals surface area contributed by atoms with Gasteiger partial charge in [-0.2, -0.15) is 0 Å². The fourth-order valence-corrected chi connectivity index (χ4v) is 3.27. The number of aryl methyl sites for hydroxylation is 1. The summed E-state index contributed by atoms with van der Waals surface area (Å²) in [7, 11) is 0. The smallest absolute Gasteiger partial charge is 0.335 e. The third kappa shape index (κ3) is 2.71. The fraction of sp³-hybridized carbons (Fsp3) is 0.0952. The van der Waals surface area contributed by atoms with E-state index >= 15 is 0 Å². The Bertz CT molecular complexity index is 1250. The number of para-hydroxylation sites is 2. The van der Waals surface area contributed by atoms with E-state index in [1.165, 1.54) is 0 Å². The van der Waals surface area contributed by atoms with Crippen LogP contribution in [0.5, 0.6) is 5.88 Å². The van der Waals surface area contributed by atoms with E-state index in [-0.39, 0.29) is 5.56 Å². The molecule has 134 valence electrons. The summed E-state index contributed by atoms with van der Waals surface area (Å²) in [6, 6.07) is 14.7. The average Bonchev–Trinajstić information content (AvgIpc) is 2.95. The highest BCUT2D eigenvalue weighted by Crippen LogP contribution is 2.36. The van der Waals surface area contributed by atoms with Crippen LogP contribution in [0.25, 0.3) is 17.3 Å². The van der Waals surface area contributed by atoms with Crippen LogP contribution in [0, 0.1) is 6.92 Å². The second kappa shape index (κ2) is 6.25. The molecule has 3 aromatic rings. The van der Waals surface area contributed by atoms with Gasteiger partial charge in [-0.05, 0) is 37.6 Å². The third-order valence-corrected chi connectivity index (χ3v) is 4.64. The molecular weight excluding hydrogens is 342 g/mol. The maximum Gasteiger partial charge on any atom is 0.335 e. The zero-order chi connectivity index (χ0) is 19.1. The summed E-state index contributed by atoms with van der Waals surface area (Å²) in [5.41, 5.74) is 3.15. The van der Waals surface area contributed by atoms with Gasteiger partial charge >= 0.3 is 5.69 Å². The molecule has 6 heteroatoms. The van der Waals surface area contributed by atoms with E-state index in [9.17, 15) is 14.7 Å². The normalized spacial score (nSPS) is 14.3. The number of aromatic amines is 1. The van der Waals surface area contributed by atoms with Gasteiger partial charge in [0.1, 0.15) is 5.56 Å². The van der Waals surface area contributed by atoms with Crippen LogP contribution in [0.1, 0.15) is 23.6 Å². The first-order chi connectivity index (χ1) is 13.0. The van der Waals surface area contributed by atoms with Gasteiger partial charge in [0.25, 0.3) is 5.56 Å². The highest BCUT2D eigenvalue weighted by atomic mass is 16.3. The summed E-state index contributed by atoms with van der Waals surface area (Å²) >= 11 is 0. The molecule has 0 saturated heterocycles. The minimum Gasteiger partial charge on any atom is -0.494 e. The molecule has 2 N–H and O–H groups in total. The number of rotatable bonds is 2. The summed E-state index contributed by atoms with van der Waals surface area (Å²) in [6.45, 7) is 3.67. The zero-order valence-electron chi connectivity index (χ0n) is 14.9. The van der Waals surface area contributed by atoms with Crippen molar-refractivity contribution in [1.29, 1.82) is 0 Å². The number of nitrogens with one attached hydrogen (secondary N) is 1. The SMILES string of the molecule is CC1=Nc2ccccc2C1=Cc1c(O)n(-c2ccccc2C)c(=O)[nH]c1=O. The number of H-pyrrole nitrogens is 1. The lowest BCUT2D eigenvalue weighted by Gasteiger charge is -2.12. The van der Waals surface area contributed by atoms with Crippen LogP contribution >= 0.6 is 0 Å². The molecule has 2 heterocycles. The molecule has 2 aromatic carbocycles. The van der Waals surface area contributed by atoms with Gasteiger partial charge in [0.05, 0.1) is 11.4 Å². The molecule has 6 nitrogen and oxygen atoms in total. The lowest BCUT2D eigenvalue weighted by Crippen LogP contribution is -2.30. The van der Waals surface area contributed by atoms with Gasteiger partial charge in [-0.1, -0.05) is 36.4 Å². The number of aromatic hydroxyl groups is 1. The molecule has 0 spiro atoms. The Morgan fingerprint density at radius 3 is 2.52 bits per heavy atom. The van der Waals surface area contributed by atoms with Gasteiger partial charge in [-0.15, -0.1) is 0 Å².